The molecule has 0 atom stereocenters. The number of carboxylic acids is 1. The maximum atomic E-state index is 11.1. The summed E-state index contributed by atoms with van der Waals surface area (Å²) in [6.07, 6.45) is 3.32. The number of benzene rings is 1. The molecule has 0 spiro atoms. The van der Waals surface area contributed by atoms with Crippen LogP contribution < -0.4 is 0 Å². The highest BCUT2D eigenvalue weighted by Gasteiger charge is 2.13. The van der Waals surface area contributed by atoms with Crippen molar-refractivity contribution in [3.05, 3.63) is 35.4 Å². The SMILES string of the molecule is CSc1ccccc1/C=C(\C(C)=O)C(=O)O. The van der Waals surface area contributed by atoms with Gasteiger partial charge in [0.1, 0.15) is 5.57 Å². The molecule has 0 fully saturated rings. The van der Waals surface area contributed by atoms with Gasteiger partial charge < -0.3 is 5.11 Å². The number of rotatable bonds is 4. The summed E-state index contributed by atoms with van der Waals surface area (Å²) in [4.78, 5) is 22.9. The Bertz CT molecular complexity index is 433. The molecule has 0 aliphatic rings. The second-order valence-electron chi connectivity index (χ2n) is 3.16. The maximum absolute atomic E-state index is 11.1. The quantitative estimate of drug-likeness (QED) is 0.377. The molecule has 0 heterocycles. The van der Waals surface area contributed by atoms with Gasteiger partial charge in [0.15, 0.2) is 5.78 Å². The molecule has 84 valence electrons. The molecule has 0 aliphatic heterocycles. The molecule has 3 nitrogen and oxygen atoms in total. The van der Waals surface area contributed by atoms with Gasteiger partial charge in [-0.15, -0.1) is 11.8 Å². The fourth-order valence-corrected chi connectivity index (χ4v) is 1.83. The zero-order chi connectivity index (χ0) is 12.1. The lowest BCUT2D eigenvalue weighted by Gasteiger charge is -2.03. The largest absolute Gasteiger partial charge is 0.478 e. The van der Waals surface area contributed by atoms with Crippen LogP contribution in [0.1, 0.15) is 12.5 Å². The molecule has 0 radical (unpaired) electrons. The molecule has 1 aromatic carbocycles. The van der Waals surface area contributed by atoms with Gasteiger partial charge in [0.05, 0.1) is 0 Å². The predicted molar refractivity (Wildman–Crippen MR) is 64.5 cm³/mol. The number of carboxylic acid groups (broad SMARTS) is 1. The van der Waals surface area contributed by atoms with E-state index in [1.807, 2.05) is 24.5 Å². The number of thioether (sulfide) groups is 1. The van der Waals surface area contributed by atoms with Gasteiger partial charge in [-0.1, -0.05) is 18.2 Å². The molecule has 0 bridgehead atoms. The molecule has 1 aromatic rings. The van der Waals surface area contributed by atoms with Gasteiger partial charge in [0.2, 0.25) is 0 Å². The highest BCUT2D eigenvalue weighted by Crippen LogP contribution is 2.22. The standard InChI is InChI=1S/C12H12O3S/c1-8(13)10(12(14)15)7-9-5-3-4-6-11(9)16-2/h3-7H,1-2H3,(H,14,15)/b10-7+. The topological polar surface area (TPSA) is 54.4 Å². The normalized spacial score (nSPS) is 11.2. The van der Waals surface area contributed by atoms with E-state index >= 15 is 0 Å². The van der Waals surface area contributed by atoms with Crippen molar-refractivity contribution in [2.75, 3.05) is 6.26 Å². The summed E-state index contributed by atoms with van der Waals surface area (Å²) in [5.74, 6) is -1.63. The van der Waals surface area contributed by atoms with E-state index in [1.165, 1.54) is 24.8 Å². The van der Waals surface area contributed by atoms with Crippen LogP contribution in [-0.2, 0) is 9.59 Å². The Hall–Kier alpha value is -1.55. The van der Waals surface area contributed by atoms with Gasteiger partial charge in [-0.05, 0) is 30.9 Å². The Morgan fingerprint density at radius 3 is 2.44 bits per heavy atom. The summed E-state index contributed by atoms with van der Waals surface area (Å²) >= 11 is 1.51. The first-order chi connectivity index (χ1) is 7.56. The van der Waals surface area contributed by atoms with Crippen LogP contribution >= 0.6 is 11.8 Å². The van der Waals surface area contributed by atoms with E-state index in [4.69, 9.17) is 5.11 Å². The van der Waals surface area contributed by atoms with E-state index < -0.39 is 11.8 Å². The zero-order valence-electron chi connectivity index (χ0n) is 9.06. The molecule has 0 amide bonds. The summed E-state index contributed by atoms with van der Waals surface area (Å²) in [5, 5.41) is 8.87. The first-order valence-electron chi connectivity index (χ1n) is 4.65. The lowest BCUT2D eigenvalue weighted by atomic mass is 10.1. The van der Waals surface area contributed by atoms with Crippen LogP contribution in [0.2, 0.25) is 0 Å². The summed E-state index contributed by atoms with van der Waals surface area (Å²) in [6, 6.07) is 7.36. The molecular weight excluding hydrogens is 224 g/mol. The molecule has 4 heteroatoms. The minimum atomic E-state index is -1.19. The number of carbonyl (C=O) groups excluding carboxylic acids is 1. The van der Waals surface area contributed by atoms with Crippen molar-refractivity contribution >= 4 is 29.6 Å². The van der Waals surface area contributed by atoms with Gasteiger partial charge in [0.25, 0.3) is 0 Å². The molecule has 0 unspecified atom stereocenters. The number of carbonyl (C=O) groups is 2. The fourth-order valence-electron chi connectivity index (χ4n) is 1.26. The molecule has 0 saturated heterocycles. The van der Waals surface area contributed by atoms with Crippen molar-refractivity contribution in [3.8, 4) is 0 Å². The van der Waals surface area contributed by atoms with Crippen LogP contribution in [0.3, 0.4) is 0 Å². The highest BCUT2D eigenvalue weighted by molar-refractivity contribution is 7.98. The van der Waals surface area contributed by atoms with Crippen molar-refractivity contribution in [1.82, 2.24) is 0 Å². The van der Waals surface area contributed by atoms with Crippen LogP contribution in [0.4, 0.5) is 0 Å². The van der Waals surface area contributed by atoms with E-state index in [0.717, 1.165) is 10.5 Å². The van der Waals surface area contributed by atoms with Gasteiger partial charge in [0, 0.05) is 4.90 Å². The average Bonchev–Trinajstić information content (AvgIpc) is 2.25. The highest BCUT2D eigenvalue weighted by atomic mass is 32.2. The maximum Gasteiger partial charge on any atom is 0.339 e. The fraction of sp³-hybridized carbons (Fsp3) is 0.167. The van der Waals surface area contributed by atoms with E-state index in [2.05, 4.69) is 0 Å². The van der Waals surface area contributed by atoms with Gasteiger partial charge in [-0.3, -0.25) is 4.79 Å². The third-order valence-electron chi connectivity index (χ3n) is 2.05. The van der Waals surface area contributed by atoms with Crippen molar-refractivity contribution in [1.29, 1.82) is 0 Å². The van der Waals surface area contributed by atoms with Crippen LogP contribution in [0.5, 0.6) is 0 Å². The van der Waals surface area contributed by atoms with E-state index in [9.17, 15) is 9.59 Å². The van der Waals surface area contributed by atoms with Crippen LogP contribution in [0.15, 0.2) is 34.7 Å². The number of aliphatic carboxylic acids is 1. The van der Waals surface area contributed by atoms with Gasteiger partial charge in [-0.25, -0.2) is 4.79 Å². The van der Waals surface area contributed by atoms with Crippen molar-refractivity contribution in [2.45, 2.75) is 11.8 Å². The predicted octanol–water partition coefficient (Wildman–Crippen LogP) is 2.47. The van der Waals surface area contributed by atoms with Gasteiger partial charge >= 0.3 is 5.97 Å². The number of hydrogen-bond donors (Lipinski definition) is 1. The van der Waals surface area contributed by atoms with Crippen molar-refractivity contribution in [2.24, 2.45) is 0 Å². The Balaban J connectivity index is 3.23. The summed E-state index contributed by atoms with van der Waals surface area (Å²) in [6.45, 7) is 1.25. The molecule has 0 aromatic heterocycles. The van der Waals surface area contributed by atoms with E-state index in [0.29, 0.717) is 0 Å². The molecule has 1 rings (SSSR count). The lowest BCUT2D eigenvalue weighted by Crippen LogP contribution is -2.08. The molecule has 0 aliphatic carbocycles. The summed E-state index contributed by atoms with van der Waals surface area (Å²) in [5.41, 5.74) is 0.559. The van der Waals surface area contributed by atoms with Crippen LogP contribution in [-0.4, -0.2) is 23.1 Å². The second kappa shape index (κ2) is 5.51. The Morgan fingerprint density at radius 1 is 1.31 bits per heavy atom. The molecule has 1 N–H and O–H groups in total. The Labute approximate surface area is 98.2 Å². The zero-order valence-corrected chi connectivity index (χ0v) is 9.88. The van der Waals surface area contributed by atoms with Crippen LogP contribution in [0, 0.1) is 0 Å². The lowest BCUT2D eigenvalue weighted by molar-refractivity contribution is -0.134. The van der Waals surface area contributed by atoms with Crippen LogP contribution in [0.25, 0.3) is 6.08 Å². The summed E-state index contributed by atoms with van der Waals surface area (Å²) in [7, 11) is 0. The second-order valence-corrected chi connectivity index (χ2v) is 4.01. The Morgan fingerprint density at radius 2 is 1.94 bits per heavy atom. The van der Waals surface area contributed by atoms with E-state index in [-0.39, 0.29) is 5.57 Å². The number of hydrogen-bond acceptors (Lipinski definition) is 3. The Kier molecular flexibility index (Phi) is 4.31. The van der Waals surface area contributed by atoms with E-state index in [1.54, 1.807) is 6.07 Å². The first kappa shape index (κ1) is 12.5. The molecular formula is C12H12O3S. The van der Waals surface area contributed by atoms with Crippen molar-refractivity contribution in [3.63, 3.8) is 0 Å². The first-order valence-corrected chi connectivity index (χ1v) is 5.87. The number of Topliss-reactive ketones (excluding diaryl/α,β-unsaturated/α-hetero) is 1. The monoisotopic (exact) mass is 236 g/mol. The molecule has 16 heavy (non-hydrogen) atoms. The third-order valence-corrected chi connectivity index (χ3v) is 2.86. The average molecular weight is 236 g/mol. The van der Waals surface area contributed by atoms with Gasteiger partial charge in [-0.2, -0.15) is 0 Å². The minimum Gasteiger partial charge on any atom is -0.478 e. The van der Waals surface area contributed by atoms with Crippen molar-refractivity contribution < 1.29 is 14.7 Å². The summed E-state index contributed by atoms with van der Waals surface area (Å²) < 4.78 is 0. The third kappa shape index (κ3) is 2.97. The minimum absolute atomic E-state index is 0.193. The molecule has 0 saturated carbocycles. The number of ketones is 1. The smallest absolute Gasteiger partial charge is 0.339 e.